The van der Waals surface area contributed by atoms with Gasteiger partial charge < -0.3 is 25.6 Å². The molecular weight excluding hydrogens is 441 g/mol. The summed E-state index contributed by atoms with van der Waals surface area (Å²) >= 11 is 0. The third-order valence-electron chi connectivity index (χ3n) is 6.88. The number of nitrogens with zero attached hydrogens (tertiary/aromatic N) is 2. The van der Waals surface area contributed by atoms with Gasteiger partial charge in [-0.2, -0.15) is 0 Å². The monoisotopic (exact) mass is 467 g/mol. The number of nitrogen functional groups attached to an aromatic ring is 1. The van der Waals surface area contributed by atoms with E-state index in [0.29, 0.717) is 41.8 Å². The molecule has 1 fully saturated rings. The average Bonchev–Trinajstić information content (AvgIpc) is 2.81. The van der Waals surface area contributed by atoms with Gasteiger partial charge >= 0.3 is 6.09 Å². The van der Waals surface area contributed by atoms with E-state index in [1.165, 1.54) is 6.20 Å². The number of anilines is 3. The van der Waals surface area contributed by atoms with Gasteiger partial charge in [-0.3, -0.25) is 5.32 Å². The van der Waals surface area contributed by atoms with Gasteiger partial charge in [0.1, 0.15) is 24.2 Å². The molecular formula is C24H26FN5O4. The van der Waals surface area contributed by atoms with E-state index in [9.17, 15) is 9.90 Å². The number of hydrogen-bond donors (Lipinski definition) is 4. The maximum Gasteiger partial charge on any atom is 0.413 e. The zero-order valence-electron chi connectivity index (χ0n) is 19.1. The molecule has 3 heterocycles. The quantitative estimate of drug-likeness (QED) is 0.427. The Morgan fingerprint density at radius 3 is 2.88 bits per heavy atom. The van der Waals surface area contributed by atoms with Gasteiger partial charge in [0, 0.05) is 47.8 Å². The van der Waals surface area contributed by atoms with E-state index in [1.54, 1.807) is 25.3 Å². The number of fused-ring (bicyclic) bond motifs is 2. The van der Waals surface area contributed by atoms with Crippen molar-refractivity contribution in [2.75, 3.05) is 29.5 Å². The summed E-state index contributed by atoms with van der Waals surface area (Å²) < 4.78 is 26.2. The van der Waals surface area contributed by atoms with Gasteiger partial charge in [0.2, 0.25) is 5.88 Å². The molecule has 0 radical (unpaired) electrons. The molecule has 178 valence electrons. The lowest BCUT2D eigenvalue weighted by atomic mass is 9.69. The highest BCUT2D eigenvalue weighted by atomic mass is 19.1. The number of pyridine rings is 2. The third kappa shape index (κ3) is 3.63. The molecule has 3 aromatic rings. The molecule has 1 amide bonds. The summed E-state index contributed by atoms with van der Waals surface area (Å²) in [5, 5.41) is 16.9. The van der Waals surface area contributed by atoms with E-state index in [1.807, 2.05) is 13.8 Å². The molecule has 10 heteroatoms. The van der Waals surface area contributed by atoms with Crippen LogP contribution >= 0.6 is 0 Å². The van der Waals surface area contributed by atoms with Gasteiger partial charge in [-0.15, -0.1) is 0 Å². The van der Waals surface area contributed by atoms with Crippen molar-refractivity contribution >= 4 is 34.1 Å². The zero-order valence-corrected chi connectivity index (χ0v) is 19.1. The first-order valence-electron chi connectivity index (χ1n) is 11.1. The minimum Gasteiger partial charge on any atom is -0.474 e. The number of nitrogens with two attached hydrogens (primary N) is 1. The highest BCUT2D eigenvalue weighted by molar-refractivity contribution is 5.99. The number of benzene rings is 1. The molecule has 1 aliphatic carbocycles. The summed E-state index contributed by atoms with van der Waals surface area (Å²) in [7, 11) is 0. The number of carbonyl (C=O) groups excluding carboxylic acids is 1. The number of aromatic nitrogens is 2. The summed E-state index contributed by atoms with van der Waals surface area (Å²) in [6, 6.07) is 3.27. The molecule has 0 saturated heterocycles. The predicted octanol–water partition coefficient (Wildman–Crippen LogP) is 3.84. The molecule has 0 spiro atoms. The van der Waals surface area contributed by atoms with Gasteiger partial charge in [-0.25, -0.2) is 19.2 Å². The summed E-state index contributed by atoms with van der Waals surface area (Å²) in [6.07, 6.45) is 2.31. The van der Waals surface area contributed by atoms with Crippen LogP contribution in [0.2, 0.25) is 0 Å². The molecule has 9 nitrogen and oxygen atoms in total. The van der Waals surface area contributed by atoms with E-state index in [-0.39, 0.29) is 29.1 Å². The second-order valence-electron chi connectivity index (χ2n) is 9.11. The molecule has 34 heavy (non-hydrogen) atoms. The standard InChI is InChI=1S/C24H26FN5O4/c1-11-15(9-29-22-21(11)27-4-5-33-22)14-6-13-7-18(28-10-16(13)20(26)19(14)25)30-23(31)34-17-8-24(3,32)12(17)2/h6-7,9-10,12,17,27,32H,4-5,8,26H2,1-3H3,(H,28,30,31)/t12-,17?,24+/m1/s1. The minimum absolute atomic E-state index is 0.0408. The lowest BCUT2D eigenvalue weighted by molar-refractivity contribution is -0.153. The van der Waals surface area contributed by atoms with Crippen molar-refractivity contribution in [3.63, 3.8) is 0 Å². The van der Waals surface area contributed by atoms with Gasteiger partial charge in [0.05, 0.1) is 11.3 Å². The Bertz CT molecular complexity index is 1310. The number of nitrogens with one attached hydrogen (secondary N) is 2. The second kappa shape index (κ2) is 7.98. The number of hydrogen-bond acceptors (Lipinski definition) is 8. The Hall–Kier alpha value is -3.66. The summed E-state index contributed by atoms with van der Waals surface area (Å²) in [6.45, 7) is 6.55. The van der Waals surface area contributed by atoms with Crippen molar-refractivity contribution in [3.05, 3.63) is 35.9 Å². The van der Waals surface area contributed by atoms with E-state index < -0.39 is 17.5 Å². The highest BCUT2D eigenvalue weighted by Crippen LogP contribution is 2.41. The maximum absolute atomic E-state index is 15.3. The van der Waals surface area contributed by atoms with Crippen LogP contribution in [0.25, 0.3) is 21.9 Å². The lowest BCUT2D eigenvalue weighted by Gasteiger charge is -2.46. The van der Waals surface area contributed by atoms with Crippen LogP contribution in [0, 0.1) is 18.7 Å². The predicted molar refractivity (Wildman–Crippen MR) is 126 cm³/mol. The van der Waals surface area contributed by atoms with Crippen LogP contribution in [-0.4, -0.2) is 46.0 Å². The van der Waals surface area contributed by atoms with Crippen LogP contribution in [0.1, 0.15) is 25.8 Å². The number of rotatable bonds is 3. The molecule has 2 aliphatic rings. The first-order chi connectivity index (χ1) is 16.2. The van der Waals surface area contributed by atoms with Crippen molar-refractivity contribution in [3.8, 4) is 17.0 Å². The molecule has 5 rings (SSSR count). The van der Waals surface area contributed by atoms with E-state index in [0.717, 1.165) is 11.3 Å². The molecule has 0 bridgehead atoms. The fourth-order valence-corrected chi connectivity index (χ4v) is 4.48. The molecule has 2 aromatic heterocycles. The summed E-state index contributed by atoms with van der Waals surface area (Å²) in [5.41, 5.74) is 7.63. The second-order valence-corrected chi connectivity index (χ2v) is 9.11. The third-order valence-corrected chi connectivity index (χ3v) is 6.88. The summed E-state index contributed by atoms with van der Waals surface area (Å²) in [4.78, 5) is 20.8. The van der Waals surface area contributed by atoms with Gasteiger partial charge in [0.25, 0.3) is 0 Å². The molecule has 1 unspecified atom stereocenters. The fraction of sp³-hybridized carbons (Fsp3) is 0.375. The van der Waals surface area contributed by atoms with Crippen molar-refractivity contribution in [1.29, 1.82) is 0 Å². The van der Waals surface area contributed by atoms with Crippen molar-refractivity contribution in [2.24, 2.45) is 5.92 Å². The summed E-state index contributed by atoms with van der Waals surface area (Å²) in [5.74, 6) is -0.00904. The molecule has 3 atom stereocenters. The molecule has 1 aliphatic heterocycles. The topological polar surface area (TPSA) is 132 Å². The van der Waals surface area contributed by atoms with Crippen LogP contribution in [-0.2, 0) is 4.74 Å². The molecule has 1 aromatic carbocycles. The number of ether oxygens (including phenoxy) is 2. The van der Waals surface area contributed by atoms with Crippen LogP contribution in [0.3, 0.4) is 0 Å². The Balaban J connectivity index is 1.45. The largest absolute Gasteiger partial charge is 0.474 e. The lowest BCUT2D eigenvalue weighted by Crippen LogP contribution is -2.55. The number of amides is 1. The number of aliphatic hydroxyl groups is 1. The highest BCUT2D eigenvalue weighted by Gasteiger charge is 2.49. The Morgan fingerprint density at radius 2 is 2.15 bits per heavy atom. The smallest absolute Gasteiger partial charge is 0.413 e. The van der Waals surface area contributed by atoms with Gasteiger partial charge in [-0.05, 0) is 36.9 Å². The van der Waals surface area contributed by atoms with Crippen LogP contribution in [0.15, 0.2) is 24.5 Å². The maximum atomic E-state index is 15.3. The zero-order chi connectivity index (χ0) is 24.2. The van der Waals surface area contributed by atoms with Crippen molar-refractivity contribution < 1.29 is 23.8 Å². The normalized spacial score (nSPS) is 23.3. The first-order valence-corrected chi connectivity index (χ1v) is 11.1. The van der Waals surface area contributed by atoms with Crippen LogP contribution in [0.4, 0.5) is 26.4 Å². The Morgan fingerprint density at radius 1 is 1.35 bits per heavy atom. The van der Waals surface area contributed by atoms with Gasteiger partial charge in [0.15, 0.2) is 5.82 Å². The Kier molecular flexibility index (Phi) is 5.20. The van der Waals surface area contributed by atoms with Crippen LogP contribution < -0.4 is 21.1 Å². The number of halogens is 1. The first kappa shape index (κ1) is 22.1. The number of carbonyl (C=O) groups is 1. The Labute approximate surface area is 195 Å². The molecule has 1 saturated carbocycles. The minimum atomic E-state index is -0.838. The van der Waals surface area contributed by atoms with Gasteiger partial charge in [-0.1, -0.05) is 6.92 Å². The molecule has 5 N–H and O–H groups in total. The van der Waals surface area contributed by atoms with Crippen molar-refractivity contribution in [1.82, 2.24) is 9.97 Å². The average molecular weight is 468 g/mol. The SMILES string of the molecule is Cc1c(-c2cc3cc(NC(=O)OC4C[C@](C)(O)[C@@H]4C)ncc3c(N)c2F)cnc2c1NCCO2. The van der Waals surface area contributed by atoms with E-state index in [2.05, 4.69) is 20.6 Å². The van der Waals surface area contributed by atoms with Crippen molar-refractivity contribution in [2.45, 2.75) is 38.9 Å². The van der Waals surface area contributed by atoms with Crippen LogP contribution in [0.5, 0.6) is 5.88 Å². The fourth-order valence-electron chi connectivity index (χ4n) is 4.48. The van der Waals surface area contributed by atoms with E-state index in [4.69, 9.17) is 15.2 Å². The van der Waals surface area contributed by atoms with E-state index >= 15 is 4.39 Å².